The van der Waals surface area contributed by atoms with Crippen molar-refractivity contribution in [3.8, 4) is 5.75 Å². The highest BCUT2D eigenvalue weighted by Gasteiger charge is 2.24. The van der Waals surface area contributed by atoms with E-state index in [2.05, 4.69) is 10.3 Å². The molecule has 1 heterocycles. The molecule has 0 aromatic heterocycles. The molecule has 0 spiro atoms. The molecule has 2 aromatic carbocycles. The van der Waals surface area contributed by atoms with Crippen molar-refractivity contribution in [2.45, 2.75) is 6.92 Å². The molecular weight excluding hydrogens is 332 g/mol. The predicted molar refractivity (Wildman–Crippen MR) is 95.1 cm³/mol. The number of amides is 1. The molecule has 1 fully saturated rings. The zero-order valence-corrected chi connectivity index (χ0v) is 13.8. The van der Waals surface area contributed by atoms with E-state index in [-0.39, 0.29) is 11.7 Å². The Labute approximate surface area is 142 Å². The first-order valence-corrected chi connectivity index (χ1v) is 8.06. The topological polar surface area (TPSA) is 61.7 Å². The first-order valence-electron chi connectivity index (χ1n) is 6.86. The largest absolute Gasteiger partial charge is 0.508 e. The van der Waals surface area contributed by atoms with Crippen molar-refractivity contribution in [3.63, 3.8) is 0 Å². The van der Waals surface area contributed by atoms with E-state index in [4.69, 9.17) is 11.6 Å². The van der Waals surface area contributed by atoms with E-state index in [1.165, 1.54) is 11.8 Å². The number of nitrogens with zero attached hydrogens (tertiary/aromatic N) is 1. The number of phenolic OH excluding ortho intramolecular Hbond substituents is 1. The number of hydrogen-bond donors (Lipinski definition) is 2. The highest BCUT2D eigenvalue weighted by atomic mass is 35.5. The maximum atomic E-state index is 12.0. The van der Waals surface area contributed by atoms with Crippen LogP contribution in [0.4, 0.5) is 5.69 Å². The Morgan fingerprint density at radius 1 is 1.26 bits per heavy atom. The maximum absolute atomic E-state index is 12.0. The Morgan fingerprint density at radius 3 is 2.83 bits per heavy atom. The Morgan fingerprint density at radius 2 is 2.04 bits per heavy atom. The van der Waals surface area contributed by atoms with Gasteiger partial charge in [-0.25, -0.2) is 4.99 Å². The molecule has 0 aliphatic carbocycles. The number of phenols is 1. The van der Waals surface area contributed by atoms with Crippen molar-refractivity contribution < 1.29 is 9.90 Å². The van der Waals surface area contributed by atoms with Gasteiger partial charge in [-0.3, -0.25) is 4.79 Å². The monoisotopic (exact) mass is 344 g/mol. The standard InChI is InChI=1S/C17H13ClN2O2S/c1-10-13(18)6-3-7-14(10)19-17-20-16(22)15(23-17)9-11-4-2-5-12(21)8-11/h2-9,21H,1H3,(H,19,20,22)/b15-9-. The lowest BCUT2D eigenvalue weighted by molar-refractivity contribution is -0.115. The highest BCUT2D eigenvalue weighted by molar-refractivity contribution is 8.18. The van der Waals surface area contributed by atoms with Crippen LogP contribution < -0.4 is 5.32 Å². The molecule has 3 rings (SSSR count). The number of aromatic hydroxyl groups is 1. The maximum Gasteiger partial charge on any atom is 0.264 e. The summed E-state index contributed by atoms with van der Waals surface area (Å²) in [5.74, 6) is -0.0528. The van der Waals surface area contributed by atoms with Crippen molar-refractivity contribution in [2.75, 3.05) is 0 Å². The van der Waals surface area contributed by atoms with Crippen LogP contribution in [0, 0.1) is 6.92 Å². The van der Waals surface area contributed by atoms with Crippen LogP contribution in [0.5, 0.6) is 5.75 Å². The molecule has 0 saturated carbocycles. The predicted octanol–water partition coefficient (Wildman–Crippen LogP) is 4.25. The molecule has 1 aliphatic heterocycles. The average molecular weight is 345 g/mol. The second kappa shape index (κ2) is 6.48. The second-order valence-corrected chi connectivity index (χ2v) is 6.40. The van der Waals surface area contributed by atoms with Gasteiger partial charge in [-0.05, 0) is 60.2 Å². The van der Waals surface area contributed by atoms with Crippen LogP contribution in [-0.2, 0) is 4.79 Å². The lowest BCUT2D eigenvalue weighted by atomic mass is 10.2. The number of amidine groups is 1. The molecule has 0 radical (unpaired) electrons. The Kier molecular flexibility index (Phi) is 4.41. The normalized spacial score (nSPS) is 17.7. The van der Waals surface area contributed by atoms with Crippen LogP contribution in [0.25, 0.3) is 6.08 Å². The number of rotatable bonds is 2. The first kappa shape index (κ1) is 15.6. The summed E-state index contributed by atoms with van der Waals surface area (Å²) in [4.78, 5) is 17.0. The third-order valence-electron chi connectivity index (χ3n) is 3.28. The quantitative estimate of drug-likeness (QED) is 0.801. The van der Waals surface area contributed by atoms with Gasteiger partial charge in [0.25, 0.3) is 5.91 Å². The number of halogens is 1. The Bertz CT molecular complexity index is 846. The van der Waals surface area contributed by atoms with Gasteiger partial charge in [0.05, 0.1) is 10.6 Å². The molecule has 1 saturated heterocycles. The lowest BCUT2D eigenvalue weighted by Crippen LogP contribution is -2.19. The minimum Gasteiger partial charge on any atom is -0.508 e. The first-order chi connectivity index (χ1) is 11.0. The van der Waals surface area contributed by atoms with Crippen LogP contribution in [0.2, 0.25) is 5.02 Å². The van der Waals surface area contributed by atoms with E-state index in [9.17, 15) is 9.90 Å². The smallest absolute Gasteiger partial charge is 0.264 e. The Balaban J connectivity index is 1.88. The number of carbonyl (C=O) groups excluding carboxylic acids is 1. The summed E-state index contributed by atoms with van der Waals surface area (Å²) in [5.41, 5.74) is 2.34. The van der Waals surface area contributed by atoms with Crippen LogP contribution in [0.1, 0.15) is 11.1 Å². The second-order valence-electron chi connectivity index (χ2n) is 4.96. The molecular formula is C17H13ClN2O2S. The van der Waals surface area contributed by atoms with E-state index in [0.717, 1.165) is 16.8 Å². The highest BCUT2D eigenvalue weighted by Crippen LogP contribution is 2.31. The van der Waals surface area contributed by atoms with Crippen molar-refractivity contribution in [3.05, 3.63) is 63.5 Å². The molecule has 2 aromatic rings. The van der Waals surface area contributed by atoms with Gasteiger partial charge >= 0.3 is 0 Å². The third-order valence-corrected chi connectivity index (χ3v) is 4.60. The number of hydrogen-bond acceptors (Lipinski definition) is 4. The number of benzene rings is 2. The number of aliphatic imine (C=N–C) groups is 1. The van der Waals surface area contributed by atoms with Gasteiger partial charge in [0.1, 0.15) is 5.75 Å². The molecule has 116 valence electrons. The van der Waals surface area contributed by atoms with Gasteiger partial charge in [0.15, 0.2) is 5.17 Å². The van der Waals surface area contributed by atoms with Crippen molar-refractivity contribution in [1.29, 1.82) is 0 Å². The zero-order chi connectivity index (χ0) is 16.4. The zero-order valence-electron chi connectivity index (χ0n) is 12.2. The lowest BCUT2D eigenvalue weighted by Gasteiger charge is -2.02. The van der Waals surface area contributed by atoms with E-state index in [1.807, 2.05) is 25.1 Å². The molecule has 0 bridgehead atoms. The molecule has 6 heteroatoms. The van der Waals surface area contributed by atoms with Crippen molar-refractivity contribution in [2.24, 2.45) is 4.99 Å². The minimum absolute atomic E-state index is 0.159. The summed E-state index contributed by atoms with van der Waals surface area (Å²) < 4.78 is 0. The fourth-order valence-corrected chi connectivity index (χ4v) is 3.08. The van der Waals surface area contributed by atoms with Crippen LogP contribution in [-0.4, -0.2) is 16.2 Å². The van der Waals surface area contributed by atoms with Gasteiger partial charge in [-0.15, -0.1) is 0 Å². The SMILES string of the molecule is Cc1c(Cl)cccc1N=C1NC(=O)/C(=C/c2cccc(O)c2)S1. The molecule has 0 unspecified atom stereocenters. The minimum atomic E-state index is -0.211. The summed E-state index contributed by atoms with van der Waals surface area (Å²) in [6.07, 6.45) is 1.72. The van der Waals surface area contributed by atoms with Gasteiger partial charge < -0.3 is 10.4 Å². The third kappa shape index (κ3) is 3.57. The fraction of sp³-hybridized carbons (Fsp3) is 0.0588. The number of nitrogens with one attached hydrogen (secondary N) is 1. The summed E-state index contributed by atoms with van der Waals surface area (Å²) in [6, 6.07) is 12.2. The average Bonchev–Trinajstić information content (AvgIpc) is 2.84. The van der Waals surface area contributed by atoms with Crippen LogP contribution >= 0.6 is 23.4 Å². The number of carbonyl (C=O) groups is 1. The summed E-state index contributed by atoms with van der Waals surface area (Å²) in [6.45, 7) is 1.88. The molecule has 4 nitrogen and oxygen atoms in total. The van der Waals surface area contributed by atoms with Crippen molar-refractivity contribution in [1.82, 2.24) is 5.32 Å². The van der Waals surface area contributed by atoms with E-state index < -0.39 is 0 Å². The van der Waals surface area contributed by atoms with Crippen LogP contribution in [0.15, 0.2) is 52.4 Å². The van der Waals surface area contributed by atoms with E-state index in [1.54, 1.807) is 30.3 Å². The number of thioether (sulfide) groups is 1. The summed E-state index contributed by atoms with van der Waals surface area (Å²) >= 11 is 7.33. The molecule has 1 amide bonds. The van der Waals surface area contributed by atoms with E-state index >= 15 is 0 Å². The molecule has 23 heavy (non-hydrogen) atoms. The molecule has 1 aliphatic rings. The molecule has 0 atom stereocenters. The summed E-state index contributed by atoms with van der Waals surface area (Å²) in [7, 11) is 0. The van der Waals surface area contributed by atoms with Crippen LogP contribution in [0.3, 0.4) is 0 Å². The Hall–Kier alpha value is -2.24. The van der Waals surface area contributed by atoms with Crippen molar-refractivity contribution >= 4 is 46.2 Å². The van der Waals surface area contributed by atoms with Gasteiger partial charge in [0.2, 0.25) is 0 Å². The summed E-state index contributed by atoms with van der Waals surface area (Å²) in [5, 5.41) is 13.4. The van der Waals surface area contributed by atoms with Gasteiger partial charge in [0, 0.05) is 5.02 Å². The van der Waals surface area contributed by atoms with Gasteiger partial charge in [-0.1, -0.05) is 29.8 Å². The van der Waals surface area contributed by atoms with Gasteiger partial charge in [-0.2, -0.15) is 0 Å². The fourth-order valence-electron chi connectivity index (χ4n) is 2.07. The molecule has 2 N–H and O–H groups in total. The van der Waals surface area contributed by atoms with E-state index in [0.29, 0.717) is 15.1 Å².